The Kier molecular flexibility index (Phi) is 41.0. The summed E-state index contributed by atoms with van der Waals surface area (Å²) in [6.07, 6.45) is 0.986. The van der Waals surface area contributed by atoms with E-state index in [-0.39, 0.29) is 31.8 Å². The van der Waals surface area contributed by atoms with E-state index in [1.54, 1.807) is 234 Å². The fourth-order valence-corrected chi connectivity index (χ4v) is 81.1. The summed E-state index contributed by atoms with van der Waals surface area (Å²) < 4.78 is 14.2. The van der Waals surface area contributed by atoms with Crippen molar-refractivity contribution < 1.29 is 9.31 Å². The number of nitrogens with one attached hydrogen (secondary N) is 3. The largest absolute Gasteiger partial charge is 0.494 e. The van der Waals surface area contributed by atoms with Crippen molar-refractivity contribution in [3.63, 3.8) is 0 Å². The lowest BCUT2D eigenvalue weighted by atomic mass is 9.79. The molecule has 0 saturated carbocycles. The first kappa shape index (κ1) is 92.3. The minimum absolute atomic E-state index is 0. The molecule has 8 nitrogen and oxygen atoms in total. The lowest BCUT2D eigenvalue weighted by molar-refractivity contribution is 0.00578. The van der Waals surface area contributed by atoms with E-state index >= 15 is 0 Å². The third-order valence-electron chi connectivity index (χ3n) is 15.9. The van der Waals surface area contributed by atoms with E-state index in [2.05, 4.69) is 150 Å². The van der Waals surface area contributed by atoms with Crippen LogP contribution in [0.5, 0.6) is 0 Å². The highest BCUT2D eigenvalue weighted by atomic mass is 79.9. The van der Waals surface area contributed by atoms with Crippen LogP contribution in [0.2, 0.25) is 0 Å². The quantitative estimate of drug-likeness (QED) is 0.148. The molecular formula is C64H47BBr2N6O2S34. The number of aromatic amines is 3. The maximum absolute atomic E-state index is 9.36. The van der Waals surface area contributed by atoms with Gasteiger partial charge in [-0.05, 0) is 154 Å². The van der Waals surface area contributed by atoms with E-state index in [1.807, 2.05) is 100 Å². The Morgan fingerprint density at radius 2 is 0.670 bits per heavy atom. The molecule has 45 heteroatoms. The minimum atomic E-state index is -0.354. The number of fused-ring (bicyclic) bond motifs is 12. The van der Waals surface area contributed by atoms with Crippen LogP contribution in [0.1, 0.15) is 55.5 Å². The van der Waals surface area contributed by atoms with Crippen LogP contribution in [-0.2, 0) is 318 Å². The summed E-state index contributed by atoms with van der Waals surface area (Å²) in [6, 6.07) is 63.4. The zero-order chi connectivity index (χ0) is 76.3. The Labute approximate surface area is 756 Å². The summed E-state index contributed by atoms with van der Waals surface area (Å²) in [4.78, 5) is 11.0. The molecule has 0 spiro atoms. The molecule has 0 radical (unpaired) electrons. The first-order valence-electron chi connectivity index (χ1n) is 29.9. The number of benzene rings is 9. The Balaban J connectivity index is 0.000000164. The van der Waals surface area contributed by atoms with Gasteiger partial charge in [0, 0.05) is 377 Å². The molecule has 0 bridgehead atoms. The second-order valence-corrected chi connectivity index (χ2v) is 74.9. The zero-order valence-electron chi connectivity index (χ0n) is 55.3. The zero-order valence-corrected chi connectivity index (χ0v) is 86.5. The highest BCUT2D eigenvalue weighted by Gasteiger charge is 2.51. The van der Waals surface area contributed by atoms with Gasteiger partial charge in [-0.15, -0.1) is 0 Å². The average molecular weight is 2190 g/mol. The van der Waals surface area contributed by atoms with Crippen LogP contribution in [0.15, 0.2) is 179 Å². The molecular weight excluding hydrogens is 2150 g/mol. The van der Waals surface area contributed by atoms with Crippen LogP contribution in [0.4, 0.5) is 0 Å². The molecule has 0 amide bonds. The summed E-state index contributed by atoms with van der Waals surface area (Å²) in [5, 5.41) is 34.6. The molecule has 0 atom stereocenters. The molecule has 0 unspecified atom stereocenters. The van der Waals surface area contributed by atoms with Crippen LogP contribution < -0.4 is 5.46 Å². The summed E-state index contributed by atoms with van der Waals surface area (Å²) >= 11 is 26.7. The van der Waals surface area contributed by atoms with Crippen LogP contribution >= 0.6 is 45.4 Å². The minimum Gasteiger partial charge on any atom is -0.399 e. The van der Waals surface area contributed by atoms with Gasteiger partial charge in [0.1, 0.15) is 0 Å². The molecule has 1 saturated heterocycles. The van der Waals surface area contributed by atoms with Crippen LogP contribution in [0, 0.1) is 34.0 Å². The molecule has 3 N–H and O–H groups in total. The maximum atomic E-state index is 9.36. The highest BCUT2D eigenvalue weighted by Crippen LogP contribution is 2.51. The summed E-state index contributed by atoms with van der Waals surface area (Å²) in [5.74, 6) is 0. The third kappa shape index (κ3) is 25.2. The second-order valence-electron chi connectivity index (χ2n) is 22.0. The van der Waals surface area contributed by atoms with Gasteiger partial charge in [-0.2, -0.15) is 29.3 Å². The Bertz CT molecular complexity index is 6870. The van der Waals surface area contributed by atoms with Gasteiger partial charge in [-0.25, -0.2) is 0 Å². The lowest BCUT2D eigenvalue weighted by Crippen LogP contribution is -2.41. The number of halogens is 2. The molecule has 14 rings (SSSR count). The third-order valence-corrected chi connectivity index (χ3v) is 77.6. The highest BCUT2D eigenvalue weighted by molar-refractivity contribution is 9.11. The van der Waals surface area contributed by atoms with E-state index in [9.17, 15) is 10.5 Å². The molecule has 1 fully saturated rings. The van der Waals surface area contributed by atoms with Crippen molar-refractivity contribution in [2.24, 2.45) is 0 Å². The van der Waals surface area contributed by atoms with E-state index in [0.717, 1.165) is 77.7 Å². The standard InChI is InChI=1S/C32H18N4.C19H11Br2N.C13H16BNO2.S17.S16.H2S/c33-17-19-9-13-21(14-10-19)27-29-23-5-1-3-7-25(23)35-31(29)28(22-15-11-20(18-34)12-16-22)30-24-6-2-4-8-26(24)36-32(27)30;20-17-13-9-10-5-1-2-6-11(10)15(13)18(21)19-16(17)12-7-3-4-8-14(12)22-19;1-12(2)13(3,4)17-14(16-12)11-7-5-10(9-15)6-8-11;1-3-5-7-9-11-13-15-17-16-14-12-10-8-6-4-2;1-3-5-7-9-11-13-15-16-14-12-10-8-6-4-2;/h1-16,35-36H;1-8,22H,9H2;5-8H,1-4H3;;;1H2. The molecule has 1 aliphatic carbocycles. The topological polar surface area (TPSA) is 137 Å². The van der Waals surface area contributed by atoms with E-state index in [4.69, 9.17) is 59.3 Å². The first-order valence-corrected chi connectivity index (χ1v) is 72.8. The van der Waals surface area contributed by atoms with Crippen molar-refractivity contribution in [3.05, 3.63) is 207 Å². The molecule has 1 aliphatic heterocycles. The van der Waals surface area contributed by atoms with Crippen molar-refractivity contribution in [3.8, 4) is 51.6 Å². The molecule has 109 heavy (non-hydrogen) atoms. The maximum Gasteiger partial charge on any atom is 0.494 e. The number of nitrogens with zero attached hydrogens (tertiary/aromatic N) is 3. The van der Waals surface area contributed by atoms with Gasteiger partial charge in [0.25, 0.3) is 0 Å². The smallest absolute Gasteiger partial charge is 0.399 e. The summed E-state index contributed by atoms with van der Waals surface area (Å²) in [6.45, 7) is 8.10. The number of para-hydroxylation sites is 3. The summed E-state index contributed by atoms with van der Waals surface area (Å²) in [5.41, 5.74) is 18.5. The van der Waals surface area contributed by atoms with Gasteiger partial charge < -0.3 is 24.3 Å². The number of H-pyrrole nitrogens is 3. The Morgan fingerprint density at radius 1 is 0.367 bits per heavy atom. The van der Waals surface area contributed by atoms with Crippen molar-refractivity contribution in [2.45, 2.75) is 45.3 Å². The van der Waals surface area contributed by atoms with Crippen LogP contribution in [0.25, 0.3) is 98.8 Å². The number of aromatic nitrogens is 3. The van der Waals surface area contributed by atoms with Gasteiger partial charge in [0.15, 0.2) is 0 Å². The van der Waals surface area contributed by atoms with Gasteiger partial charge in [0.2, 0.25) is 0 Å². The second kappa shape index (κ2) is 48.5. The van der Waals surface area contributed by atoms with Crippen molar-refractivity contribution in [1.29, 1.82) is 15.8 Å². The molecule has 12 aromatic rings. The van der Waals surface area contributed by atoms with Gasteiger partial charge in [0.05, 0.1) is 62.7 Å². The average Bonchev–Trinajstić information content (AvgIpc) is 1.57. The van der Waals surface area contributed by atoms with Crippen LogP contribution in [0.3, 0.4) is 0 Å². The van der Waals surface area contributed by atoms with Gasteiger partial charge in [-0.3, -0.25) is 0 Å². The van der Waals surface area contributed by atoms with E-state index < -0.39 is 0 Å². The normalized spacial score (nSPS) is 11.8. The van der Waals surface area contributed by atoms with E-state index in [0.29, 0.717) is 16.7 Å². The van der Waals surface area contributed by atoms with Crippen LogP contribution in [-0.4, -0.2) is 33.3 Å². The number of nitriles is 3. The molecule has 4 heterocycles. The summed E-state index contributed by atoms with van der Waals surface area (Å²) in [7, 11) is 48.5. The number of hydrogen-bond acceptors (Lipinski definition) is 9. The molecule has 566 valence electrons. The van der Waals surface area contributed by atoms with Crippen molar-refractivity contribution >= 4 is 426 Å². The lowest BCUT2D eigenvalue weighted by Gasteiger charge is -2.32. The SMILES string of the molecule is Brc1c2c(c(Br)c3c1[nH]c1ccccc13)Cc1ccccc1-2.CC1(C)OB(c2ccc(C#N)cc2)OC1(C)C.N#Cc1ccc(-c2c3[nH]c4ccccc4c3c(-c3ccc(C#N)cc3)c3[nH]c4ccccc4c23)cc1.S.S=S=S=S=S=S=S=S=S=S=S=S=S=S=S=S.S=S=S=S=S=S=S=S=S=S=S=S=S=S=S=S=S. The predicted molar refractivity (Wildman–Crippen MR) is 565 cm³/mol. The number of rotatable bonds is 3. The van der Waals surface area contributed by atoms with Crippen molar-refractivity contribution in [2.75, 3.05) is 0 Å². The molecule has 3 aromatic heterocycles. The Hall–Kier alpha value is -0.595. The fourth-order valence-electron chi connectivity index (χ4n) is 11.0. The van der Waals surface area contributed by atoms with Gasteiger partial charge >= 0.3 is 7.12 Å². The Morgan fingerprint density at radius 3 is 1.02 bits per heavy atom. The predicted octanol–water partition coefficient (Wildman–Crippen LogP) is 16.3. The monoisotopic (exact) mass is 2190 g/mol. The van der Waals surface area contributed by atoms with Gasteiger partial charge in [-0.1, -0.05) is 115 Å². The van der Waals surface area contributed by atoms with Crippen molar-refractivity contribution in [1.82, 2.24) is 15.0 Å². The molecule has 2 aliphatic rings. The first-order chi connectivity index (χ1) is 52.7. The number of hydrogen-bond donors (Lipinski definition) is 3. The fraction of sp³-hybridized carbons (Fsp3) is 0.109. The molecule has 9 aromatic carbocycles. The van der Waals surface area contributed by atoms with E-state index in [1.165, 1.54) is 88.5 Å².